The second-order valence-corrected chi connectivity index (χ2v) is 5.58. The maximum absolute atomic E-state index is 6.06. The van der Waals surface area contributed by atoms with Crippen LogP contribution in [0.3, 0.4) is 0 Å². The minimum absolute atomic E-state index is 0.425. The normalized spacial score (nSPS) is 10.4. The minimum Gasteiger partial charge on any atom is -0.490 e. The van der Waals surface area contributed by atoms with E-state index in [1.54, 1.807) is 18.2 Å². The summed E-state index contributed by atoms with van der Waals surface area (Å²) >= 11 is 23.8. The molecule has 0 atom stereocenters. The van der Waals surface area contributed by atoms with Gasteiger partial charge in [0.25, 0.3) is 0 Å². The van der Waals surface area contributed by atoms with Gasteiger partial charge in [-0.2, -0.15) is 0 Å². The fourth-order valence-corrected chi connectivity index (χ4v) is 2.37. The van der Waals surface area contributed by atoms with Crippen LogP contribution in [-0.2, 0) is 0 Å². The summed E-state index contributed by atoms with van der Waals surface area (Å²) in [4.78, 5) is 0. The van der Waals surface area contributed by atoms with Crippen LogP contribution in [0.15, 0.2) is 36.4 Å². The van der Waals surface area contributed by atoms with Crippen molar-refractivity contribution in [1.29, 1.82) is 0 Å². The molecule has 0 saturated heterocycles. The Labute approximate surface area is 137 Å². The van der Waals surface area contributed by atoms with Crippen LogP contribution < -0.4 is 10.1 Å². The molecule has 0 aliphatic carbocycles. The molecule has 106 valence electrons. The van der Waals surface area contributed by atoms with E-state index in [4.69, 9.17) is 51.1 Å². The maximum atomic E-state index is 6.06. The molecule has 0 bridgehead atoms. The Balaban J connectivity index is 1.88. The number of benzene rings is 2. The summed E-state index contributed by atoms with van der Waals surface area (Å²) in [5, 5.41) is 5.10. The van der Waals surface area contributed by atoms with Crippen LogP contribution >= 0.6 is 46.4 Å². The highest BCUT2D eigenvalue weighted by Crippen LogP contribution is 2.32. The topological polar surface area (TPSA) is 21.3 Å². The van der Waals surface area contributed by atoms with E-state index in [0.29, 0.717) is 44.7 Å². The lowest BCUT2D eigenvalue weighted by molar-refractivity contribution is 0.333. The van der Waals surface area contributed by atoms with Crippen LogP contribution in [0.2, 0.25) is 20.1 Å². The molecule has 20 heavy (non-hydrogen) atoms. The summed E-state index contributed by atoms with van der Waals surface area (Å²) in [6.45, 7) is 1.00. The molecule has 1 N–H and O–H groups in total. The number of hydrogen-bond donors (Lipinski definition) is 1. The quantitative estimate of drug-likeness (QED) is 0.544. The first-order valence-corrected chi connectivity index (χ1v) is 7.35. The van der Waals surface area contributed by atoms with Gasteiger partial charge >= 0.3 is 0 Å². The van der Waals surface area contributed by atoms with E-state index in [2.05, 4.69) is 5.32 Å². The summed E-state index contributed by atoms with van der Waals surface area (Å²) < 4.78 is 5.56. The van der Waals surface area contributed by atoms with Gasteiger partial charge in [-0.1, -0.05) is 58.5 Å². The molecule has 0 spiro atoms. The first-order valence-electron chi connectivity index (χ1n) is 5.83. The summed E-state index contributed by atoms with van der Waals surface area (Å²) in [5.74, 6) is 0.649. The summed E-state index contributed by atoms with van der Waals surface area (Å²) in [5.41, 5.74) is 0.712. The van der Waals surface area contributed by atoms with E-state index in [9.17, 15) is 0 Å². The fraction of sp³-hybridized carbons (Fsp3) is 0.143. The van der Waals surface area contributed by atoms with Crippen molar-refractivity contribution >= 4 is 52.1 Å². The van der Waals surface area contributed by atoms with Crippen LogP contribution in [-0.4, -0.2) is 13.2 Å². The Morgan fingerprint density at radius 2 is 1.55 bits per heavy atom. The SMILES string of the molecule is Clc1cc(Cl)c(NCCOc2ccccc2Cl)cc1Cl. The molecule has 0 unspecified atom stereocenters. The van der Waals surface area contributed by atoms with Crippen molar-refractivity contribution in [3.8, 4) is 5.75 Å². The van der Waals surface area contributed by atoms with Gasteiger partial charge in [-0.25, -0.2) is 0 Å². The average Bonchev–Trinajstić information content (AvgIpc) is 2.42. The second-order valence-electron chi connectivity index (χ2n) is 3.95. The van der Waals surface area contributed by atoms with Gasteiger partial charge < -0.3 is 10.1 Å². The molecular weight excluding hydrogens is 340 g/mol. The highest BCUT2D eigenvalue weighted by atomic mass is 35.5. The van der Waals surface area contributed by atoms with Gasteiger partial charge in [0.1, 0.15) is 12.4 Å². The van der Waals surface area contributed by atoms with Crippen molar-refractivity contribution in [2.75, 3.05) is 18.5 Å². The smallest absolute Gasteiger partial charge is 0.137 e. The third kappa shape index (κ3) is 4.10. The number of halogens is 4. The number of nitrogens with one attached hydrogen (secondary N) is 1. The van der Waals surface area contributed by atoms with E-state index >= 15 is 0 Å². The van der Waals surface area contributed by atoms with E-state index in [-0.39, 0.29) is 0 Å². The lowest BCUT2D eigenvalue weighted by Crippen LogP contribution is -2.11. The van der Waals surface area contributed by atoms with Crippen LogP contribution in [0.25, 0.3) is 0 Å². The molecule has 2 aromatic rings. The second kappa shape index (κ2) is 7.28. The van der Waals surface area contributed by atoms with Crippen LogP contribution in [0.4, 0.5) is 5.69 Å². The Kier molecular flexibility index (Phi) is 5.67. The maximum Gasteiger partial charge on any atom is 0.137 e. The lowest BCUT2D eigenvalue weighted by atomic mass is 10.3. The first kappa shape index (κ1) is 15.6. The molecule has 2 rings (SSSR count). The monoisotopic (exact) mass is 349 g/mol. The molecule has 0 aliphatic rings. The number of ether oxygens (including phenoxy) is 1. The lowest BCUT2D eigenvalue weighted by Gasteiger charge is -2.11. The van der Waals surface area contributed by atoms with Crippen LogP contribution in [0.5, 0.6) is 5.75 Å². The van der Waals surface area contributed by atoms with Crippen LogP contribution in [0, 0.1) is 0 Å². The molecule has 0 saturated carbocycles. The van der Waals surface area contributed by atoms with Gasteiger partial charge in [-0.05, 0) is 24.3 Å². The predicted molar refractivity (Wildman–Crippen MR) is 86.9 cm³/mol. The third-order valence-electron chi connectivity index (χ3n) is 2.52. The van der Waals surface area contributed by atoms with E-state index < -0.39 is 0 Å². The summed E-state index contributed by atoms with van der Waals surface area (Å²) in [7, 11) is 0. The van der Waals surface area contributed by atoms with Crippen molar-refractivity contribution in [3.05, 3.63) is 56.5 Å². The fourth-order valence-electron chi connectivity index (χ4n) is 1.57. The number of para-hydroxylation sites is 1. The van der Waals surface area contributed by atoms with E-state index in [1.165, 1.54) is 0 Å². The van der Waals surface area contributed by atoms with Crippen molar-refractivity contribution < 1.29 is 4.74 Å². The molecule has 0 aromatic heterocycles. The van der Waals surface area contributed by atoms with Crippen molar-refractivity contribution in [2.24, 2.45) is 0 Å². The molecule has 0 fully saturated rings. The van der Waals surface area contributed by atoms with E-state index in [1.807, 2.05) is 18.2 Å². The van der Waals surface area contributed by atoms with Gasteiger partial charge in [0.2, 0.25) is 0 Å². The summed E-state index contributed by atoms with van der Waals surface area (Å²) in [6.07, 6.45) is 0. The Hall–Kier alpha value is -0.800. The molecule has 0 heterocycles. The van der Waals surface area contributed by atoms with Crippen molar-refractivity contribution in [3.63, 3.8) is 0 Å². The van der Waals surface area contributed by atoms with E-state index in [0.717, 1.165) is 0 Å². The van der Waals surface area contributed by atoms with Gasteiger partial charge in [0.15, 0.2) is 0 Å². The van der Waals surface area contributed by atoms with Crippen molar-refractivity contribution in [1.82, 2.24) is 0 Å². The molecule has 6 heteroatoms. The Morgan fingerprint density at radius 3 is 2.30 bits per heavy atom. The standard InChI is InChI=1S/C14H11Cl4NO/c15-9-3-1-2-4-14(9)20-6-5-19-13-8-11(17)10(16)7-12(13)18/h1-4,7-8,19H,5-6H2. The molecule has 2 nitrogen and oxygen atoms in total. The number of rotatable bonds is 5. The zero-order chi connectivity index (χ0) is 14.5. The zero-order valence-electron chi connectivity index (χ0n) is 10.3. The number of hydrogen-bond acceptors (Lipinski definition) is 2. The molecule has 2 aromatic carbocycles. The molecule has 0 aliphatic heterocycles. The third-order valence-corrected chi connectivity index (χ3v) is 3.87. The predicted octanol–water partition coefficient (Wildman–Crippen LogP) is 5.79. The molecular formula is C14H11Cl4NO. The van der Waals surface area contributed by atoms with Gasteiger partial charge in [-0.15, -0.1) is 0 Å². The highest BCUT2D eigenvalue weighted by Gasteiger charge is 2.05. The van der Waals surface area contributed by atoms with Crippen LogP contribution in [0.1, 0.15) is 0 Å². The van der Waals surface area contributed by atoms with Crippen molar-refractivity contribution in [2.45, 2.75) is 0 Å². The van der Waals surface area contributed by atoms with Gasteiger partial charge in [0, 0.05) is 6.54 Å². The number of anilines is 1. The van der Waals surface area contributed by atoms with Gasteiger partial charge in [0.05, 0.1) is 25.8 Å². The minimum atomic E-state index is 0.425. The average molecular weight is 351 g/mol. The largest absolute Gasteiger partial charge is 0.490 e. The Bertz CT molecular complexity index is 604. The van der Waals surface area contributed by atoms with Gasteiger partial charge in [-0.3, -0.25) is 0 Å². The molecule has 0 radical (unpaired) electrons. The highest BCUT2D eigenvalue weighted by molar-refractivity contribution is 6.44. The Morgan fingerprint density at radius 1 is 0.850 bits per heavy atom. The zero-order valence-corrected chi connectivity index (χ0v) is 13.3. The molecule has 0 amide bonds. The summed E-state index contributed by atoms with van der Waals surface area (Å²) in [6, 6.07) is 10.6. The first-order chi connectivity index (χ1) is 9.58.